The fourth-order valence-corrected chi connectivity index (χ4v) is 8.20. The van der Waals surface area contributed by atoms with E-state index in [1.54, 1.807) is 4.90 Å². The Bertz CT molecular complexity index is 1950. The van der Waals surface area contributed by atoms with Gasteiger partial charge in [-0.05, 0) is 44.0 Å². The zero-order chi connectivity index (χ0) is 32.3. The third-order valence-corrected chi connectivity index (χ3v) is 10.6. The van der Waals surface area contributed by atoms with E-state index in [9.17, 15) is 18.8 Å². The Morgan fingerprint density at radius 3 is 2.93 bits per heavy atom. The molecule has 3 aromatic heterocycles. The maximum atomic E-state index is 16.7. The summed E-state index contributed by atoms with van der Waals surface area (Å²) in [6, 6.07) is 4.35. The number of ether oxygens (including phenoxy) is 1. The summed E-state index contributed by atoms with van der Waals surface area (Å²) in [5.41, 5.74) is 5.58. The number of nitrogens with two attached hydrogens (primary N) is 1. The molecule has 1 amide bonds. The fourth-order valence-electron chi connectivity index (χ4n) is 7.25. The molecule has 3 aliphatic heterocycles. The molecular formula is C32H31F3N8O2S. The standard InChI is InChI=1S/C32H31F3N8O2S/c1-3-23(44)42-10-7-18(15-42)41(2)30-21-13-38-26(19-5-6-22(34)28-24(19)20(12-36)29(37)46-28)25(35)27(21)39-31(40-30)45-16-32-8-4-9-43(32)14-17(33)11-32/h3,5-6,13,17-18H,1,4,7-11,14-16,37H2,2H3. The van der Waals surface area contributed by atoms with Crippen molar-refractivity contribution in [3.63, 3.8) is 0 Å². The fraction of sp³-hybridized carbons (Fsp3) is 0.406. The smallest absolute Gasteiger partial charge is 0.319 e. The third kappa shape index (κ3) is 4.80. The van der Waals surface area contributed by atoms with Crippen molar-refractivity contribution in [1.82, 2.24) is 24.8 Å². The van der Waals surface area contributed by atoms with Crippen molar-refractivity contribution in [3.05, 3.63) is 48.2 Å². The van der Waals surface area contributed by atoms with Crippen LogP contribution in [0.3, 0.4) is 0 Å². The molecule has 7 rings (SSSR count). The normalized spacial score (nSPS) is 22.8. The van der Waals surface area contributed by atoms with Gasteiger partial charge in [0, 0.05) is 56.3 Å². The lowest BCUT2D eigenvalue weighted by Gasteiger charge is -2.31. The van der Waals surface area contributed by atoms with Crippen LogP contribution in [0.25, 0.3) is 32.2 Å². The van der Waals surface area contributed by atoms with E-state index in [0.717, 1.165) is 30.7 Å². The van der Waals surface area contributed by atoms with Gasteiger partial charge in [-0.1, -0.05) is 6.58 Å². The first-order chi connectivity index (χ1) is 22.1. The first-order valence-corrected chi connectivity index (χ1v) is 15.9. The first-order valence-electron chi connectivity index (χ1n) is 15.1. The van der Waals surface area contributed by atoms with Crippen molar-refractivity contribution in [1.29, 1.82) is 5.26 Å². The van der Waals surface area contributed by atoms with Crippen molar-refractivity contribution in [2.24, 2.45) is 0 Å². The van der Waals surface area contributed by atoms with E-state index in [1.165, 1.54) is 24.4 Å². The van der Waals surface area contributed by atoms with Crippen LogP contribution in [-0.2, 0) is 4.79 Å². The first kappa shape index (κ1) is 30.2. The summed E-state index contributed by atoms with van der Waals surface area (Å²) in [6.45, 7) is 5.80. The number of carbonyl (C=O) groups excluding carboxylic acids is 1. The second-order valence-electron chi connectivity index (χ2n) is 12.2. The maximum absolute atomic E-state index is 16.7. The number of carbonyl (C=O) groups is 1. The largest absolute Gasteiger partial charge is 0.461 e. The number of anilines is 2. The third-order valence-electron chi connectivity index (χ3n) is 9.59. The van der Waals surface area contributed by atoms with Crippen LogP contribution in [0.15, 0.2) is 31.0 Å². The van der Waals surface area contributed by atoms with Crippen LogP contribution < -0.4 is 15.4 Å². The number of pyridine rings is 1. The molecule has 238 valence electrons. The second-order valence-corrected chi connectivity index (χ2v) is 13.2. The molecule has 0 bridgehead atoms. The Labute approximate surface area is 266 Å². The van der Waals surface area contributed by atoms with Gasteiger partial charge in [0.05, 0.1) is 21.2 Å². The van der Waals surface area contributed by atoms with Crippen LogP contribution in [0.2, 0.25) is 0 Å². The minimum Gasteiger partial charge on any atom is -0.461 e. The van der Waals surface area contributed by atoms with E-state index in [1.807, 2.05) is 18.0 Å². The van der Waals surface area contributed by atoms with Gasteiger partial charge in [-0.2, -0.15) is 15.2 Å². The molecule has 2 N–H and O–H groups in total. The van der Waals surface area contributed by atoms with Crippen molar-refractivity contribution in [2.45, 2.75) is 43.4 Å². The number of rotatable bonds is 7. The van der Waals surface area contributed by atoms with E-state index in [0.29, 0.717) is 43.7 Å². The highest BCUT2D eigenvalue weighted by atomic mass is 32.1. The quantitative estimate of drug-likeness (QED) is 0.281. The molecule has 3 saturated heterocycles. The van der Waals surface area contributed by atoms with Crippen LogP contribution in [0.1, 0.15) is 31.2 Å². The number of nitrogen functional groups attached to an aromatic ring is 1. The minimum atomic E-state index is -0.949. The molecule has 3 atom stereocenters. The van der Waals surface area contributed by atoms with Gasteiger partial charge >= 0.3 is 6.01 Å². The molecule has 46 heavy (non-hydrogen) atoms. The van der Waals surface area contributed by atoms with Gasteiger partial charge in [-0.25, -0.2) is 13.2 Å². The molecule has 6 heterocycles. The number of alkyl halides is 1. The summed E-state index contributed by atoms with van der Waals surface area (Å²) >= 11 is 0.914. The van der Waals surface area contributed by atoms with Crippen LogP contribution in [0, 0.1) is 23.0 Å². The van der Waals surface area contributed by atoms with Crippen LogP contribution in [0.5, 0.6) is 6.01 Å². The molecule has 1 aromatic carbocycles. The molecule has 0 spiro atoms. The molecule has 0 radical (unpaired) electrons. The van der Waals surface area contributed by atoms with Gasteiger partial charge in [0.1, 0.15) is 46.7 Å². The number of likely N-dealkylation sites (N-methyl/N-ethyl adjacent to an activating group) is 1. The number of hydrogen-bond acceptors (Lipinski definition) is 10. The lowest BCUT2D eigenvalue weighted by atomic mass is 9.95. The highest BCUT2D eigenvalue weighted by Crippen LogP contribution is 2.43. The van der Waals surface area contributed by atoms with E-state index >= 15 is 4.39 Å². The Morgan fingerprint density at radius 2 is 2.15 bits per heavy atom. The number of thiophene rings is 1. The number of aromatic nitrogens is 3. The summed E-state index contributed by atoms with van der Waals surface area (Å²) in [6.07, 6.45) is 4.47. The number of benzene rings is 1. The Hall–Kier alpha value is -4.48. The number of halogens is 3. The molecule has 0 aliphatic carbocycles. The lowest BCUT2D eigenvalue weighted by molar-refractivity contribution is -0.125. The zero-order valence-corrected chi connectivity index (χ0v) is 25.9. The number of hydrogen-bond donors (Lipinski definition) is 1. The van der Waals surface area contributed by atoms with E-state index in [2.05, 4.69) is 21.4 Å². The molecular weight excluding hydrogens is 617 g/mol. The summed E-state index contributed by atoms with van der Waals surface area (Å²) in [5.74, 6) is -1.21. The molecule has 4 aromatic rings. The average Bonchev–Trinajstić information content (AvgIpc) is 3.82. The highest BCUT2D eigenvalue weighted by molar-refractivity contribution is 7.23. The van der Waals surface area contributed by atoms with Gasteiger partial charge < -0.3 is 20.3 Å². The van der Waals surface area contributed by atoms with Gasteiger partial charge in [0.25, 0.3) is 0 Å². The summed E-state index contributed by atoms with van der Waals surface area (Å²) in [4.78, 5) is 31.6. The van der Waals surface area contributed by atoms with Crippen LogP contribution in [0.4, 0.5) is 24.0 Å². The zero-order valence-electron chi connectivity index (χ0n) is 25.1. The van der Waals surface area contributed by atoms with Gasteiger partial charge in [-0.3, -0.25) is 14.7 Å². The number of nitriles is 1. The summed E-state index contributed by atoms with van der Waals surface area (Å²) in [7, 11) is 1.81. The van der Waals surface area contributed by atoms with Crippen molar-refractivity contribution >= 4 is 49.1 Å². The van der Waals surface area contributed by atoms with Crippen LogP contribution in [-0.4, -0.2) is 88.2 Å². The Morgan fingerprint density at radius 1 is 1.33 bits per heavy atom. The molecule has 3 fully saturated rings. The molecule has 3 unspecified atom stereocenters. The van der Waals surface area contributed by atoms with Gasteiger partial charge in [0.2, 0.25) is 5.91 Å². The van der Waals surface area contributed by atoms with Crippen LogP contribution >= 0.6 is 11.3 Å². The van der Waals surface area contributed by atoms with Crippen molar-refractivity contribution in [3.8, 4) is 23.3 Å². The predicted molar refractivity (Wildman–Crippen MR) is 169 cm³/mol. The molecule has 10 nitrogen and oxygen atoms in total. The molecule has 14 heteroatoms. The highest BCUT2D eigenvalue weighted by Gasteiger charge is 2.49. The number of nitrogens with zero attached hydrogens (tertiary/aromatic N) is 7. The summed E-state index contributed by atoms with van der Waals surface area (Å²) in [5, 5.41) is 10.4. The van der Waals surface area contributed by atoms with Crippen molar-refractivity contribution in [2.75, 3.05) is 50.5 Å². The lowest BCUT2D eigenvalue weighted by Crippen LogP contribution is -2.43. The Balaban J connectivity index is 1.34. The monoisotopic (exact) mass is 648 g/mol. The van der Waals surface area contributed by atoms with Gasteiger partial charge in [0.15, 0.2) is 5.82 Å². The predicted octanol–water partition coefficient (Wildman–Crippen LogP) is 4.82. The Kier molecular flexibility index (Phi) is 7.48. The van der Waals surface area contributed by atoms with E-state index in [-0.39, 0.29) is 62.0 Å². The van der Waals surface area contributed by atoms with Gasteiger partial charge in [-0.15, -0.1) is 11.3 Å². The SMILES string of the molecule is C=CC(=O)N1CCC(N(C)c2nc(OCC34CCCN3CC(F)C4)nc3c(F)c(-c4ccc(F)c5sc(N)c(C#N)c45)ncc23)C1. The maximum Gasteiger partial charge on any atom is 0.319 e. The second kappa shape index (κ2) is 11.4. The van der Waals surface area contributed by atoms with E-state index in [4.69, 9.17) is 15.5 Å². The average molecular weight is 649 g/mol. The number of likely N-dealkylation sites (tertiary alicyclic amines) is 1. The number of fused-ring (bicyclic) bond motifs is 3. The molecule has 0 saturated carbocycles. The van der Waals surface area contributed by atoms with E-state index < -0.39 is 23.3 Å². The minimum absolute atomic E-state index is 0.0471. The topological polar surface area (TPSA) is 125 Å². The number of amides is 1. The molecule has 3 aliphatic rings. The van der Waals surface area contributed by atoms with Crippen molar-refractivity contribution < 1.29 is 22.7 Å². The summed E-state index contributed by atoms with van der Waals surface area (Å²) < 4.78 is 52.2.